The molecule has 2 aliphatic rings. The number of nitrogens with one attached hydrogen (secondary N) is 1. The van der Waals surface area contributed by atoms with E-state index in [0.29, 0.717) is 17.4 Å². The first-order valence-corrected chi connectivity index (χ1v) is 10.2. The summed E-state index contributed by atoms with van der Waals surface area (Å²) in [6.07, 6.45) is 1.95. The number of rotatable bonds is 7. The van der Waals surface area contributed by atoms with Gasteiger partial charge in [0.2, 0.25) is 5.91 Å². The number of carboxylic acid groups (broad SMARTS) is 1. The lowest BCUT2D eigenvalue weighted by Gasteiger charge is -2.47. The Labute approximate surface area is 168 Å². The van der Waals surface area contributed by atoms with Crippen molar-refractivity contribution in [3.63, 3.8) is 0 Å². The molecule has 1 unspecified atom stereocenters. The Kier molecular flexibility index (Phi) is 5.61. The molecule has 10 nitrogen and oxygen atoms in total. The average molecular weight is 425 g/mol. The van der Waals surface area contributed by atoms with Gasteiger partial charge in [-0.2, -0.15) is 0 Å². The lowest BCUT2D eigenvalue weighted by molar-refractivity contribution is -0.133. The van der Waals surface area contributed by atoms with E-state index in [1.807, 2.05) is 6.92 Å². The number of nitrogen functional groups attached to an aromatic ring is 1. The van der Waals surface area contributed by atoms with Crippen LogP contribution in [0.2, 0.25) is 0 Å². The van der Waals surface area contributed by atoms with Crippen LogP contribution in [0, 0.1) is 0 Å². The number of carbonyl (C=O) groups is 3. The summed E-state index contributed by atoms with van der Waals surface area (Å²) in [4.78, 5) is 45.5. The van der Waals surface area contributed by atoms with Gasteiger partial charge in [0.1, 0.15) is 16.9 Å². The summed E-state index contributed by atoms with van der Waals surface area (Å²) in [5.74, 6) is -2.06. The molecular weight excluding hydrogens is 406 g/mol. The number of thiazole rings is 1. The van der Waals surface area contributed by atoms with Crippen molar-refractivity contribution in [2.24, 2.45) is 5.16 Å². The number of β-lactam (4-membered cyclic amide) rings is 1. The number of nitrogens with zero attached hydrogens (tertiary/aromatic N) is 3. The van der Waals surface area contributed by atoms with Gasteiger partial charge >= 0.3 is 5.97 Å². The molecule has 0 aromatic carbocycles. The van der Waals surface area contributed by atoms with Crippen molar-refractivity contribution in [3.8, 4) is 0 Å². The summed E-state index contributed by atoms with van der Waals surface area (Å²) >= 11 is 2.32. The molecule has 0 bridgehead atoms. The van der Waals surface area contributed by atoms with Crippen LogP contribution in [0.3, 0.4) is 0 Å². The van der Waals surface area contributed by atoms with Gasteiger partial charge in [0.15, 0.2) is 10.8 Å². The maximum atomic E-state index is 12.5. The van der Waals surface area contributed by atoms with Crippen molar-refractivity contribution < 1.29 is 24.3 Å². The number of thioether (sulfide) groups is 1. The zero-order valence-electron chi connectivity index (χ0n) is 15.2. The maximum absolute atomic E-state index is 12.5. The molecule has 150 valence electrons. The van der Waals surface area contributed by atoms with Crippen LogP contribution < -0.4 is 11.1 Å². The van der Waals surface area contributed by atoms with Gasteiger partial charge in [0.25, 0.3) is 5.91 Å². The molecule has 0 spiro atoms. The molecular formula is C16H19N5O5S2. The van der Waals surface area contributed by atoms with E-state index in [1.54, 1.807) is 12.3 Å². The van der Waals surface area contributed by atoms with Crippen LogP contribution >= 0.6 is 23.1 Å². The number of carboxylic acids is 1. The monoisotopic (exact) mass is 425 g/mol. The van der Waals surface area contributed by atoms with Crippen molar-refractivity contribution >= 4 is 51.7 Å². The molecule has 1 aromatic heterocycles. The van der Waals surface area contributed by atoms with Crippen LogP contribution in [-0.4, -0.2) is 55.3 Å². The fraction of sp³-hybridized carbons (Fsp3) is 0.438. The quantitative estimate of drug-likeness (QED) is 0.330. The van der Waals surface area contributed by atoms with E-state index in [2.05, 4.69) is 15.5 Å². The van der Waals surface area contributed by atoms with Crippen molar-refractivity contribution in [3.05, 3.63) is 22.8 Å². The number of hydrogen-bond donors (Lipinski definition) is 3. The van der Waals surface area contributed by atoms with Crippen LogP contribution in [0.25, 0.3) is 0 Å². The molecule has 2 aliphatic heterocycles. The van der Waals surface area contributed by atoms with E-state index in [4.69, 9.17) is 10.6 Å². The van der Waals surface area contributed by atoms with E-state index in [1.165, 1.54) is 22.4 Å². The molecule has 0 radical (unpaired) electrons. The molecule has 0 saturated carbocycles. The molecule has 2 atom stereocenters. The van der Waals surface area contributed by atoms with E-state index in [-0.39, 0.29) is 17.7 Å². The van der Waals surface area contributed by atoms with Crippen LogP contribution in [0.1, 0.15) is 26.0 Å². The Balaban J connectivity index is 1.79. The molecule has 12 heteroatoms. The zero-order valence-corrected chi connectivity index (χ0v) is 16.8. The third-order valence-electron chi connectivity index (χ3n) is 4.05. The Bertz CT molecular complexity index is 883. The molecule has 1 saturated heterocycles. The molecule has 0 aliphatic carbocycles. The topological polar surface area (TPSA) is 147 Å². The number of oxime groups is 1. The van der Waals surface area contributed by atoms with Crippen LogP contribution in [0.15, 0.2) is 22.3 Å². The van der Waals surface area contributed by atoms with Crippen LogP contribution in [-0.2, 0) is 25.6 Å². The highest BCUT2D eigenvalue weighted by atomic mass is 32.2. The summed E-state index contributed by atoms with van der Waals surface area (Å²) < 4.78 is 0. The smallest absolute Gasteiger partial charge is 0.336 e. The maximum Gasteiger partial charge on any atom is 0.336 e. The Morgan fingerprint density at radius 1 is 1.54 bits per heavy atom. The highest BCUT2D eigenvalue weighted by molar-refractivity contribution is 8.02. The SMILES string of the molecule is CCCON=C1C(=O)N2C=C(C(=O)O)C(C)(NC(=O)Cc3csc(N)n3)S[C@H]12. The minimum atomic E-state index is -1.27. The highest BCUT2D eigenvalue weighted by Gasteiger charge is 2.54. The first-order valence-electron chi connectivity index (χ1n) is 8.42. The Morgan fingerprint density at radius 2 is 2.29 bits per heavy atom. The lowest BCUT2D eigenvalue weighted by atomic mass is 10.1. The van der Waals surface area contributed by atoms with Gasteiger partial charge in [-0.25, -0.2) is 9.78 Å². The van der Waals surface area contributed by atoms with Crippen molar-refractivity contribution in [1.82, 2.24) is 15.2 Å². The Hall–Kier alpha value is -2.60. The first-order chi connectivity index (χ1) is 13.2. The second-order valence-corrected chi connectivity index (χ2v) is 8.66. The van der Waals surface area contributed by atoms with E-state index >= 15 is 0 Å². The van der Waals surface area contributed by atoms with Crippen LogP contribution in [0.5, 0.6) is 0 Å². The van der Waals surface area contributed by atoms with Gasteiger partial charge < -0.3 is 21.0 Å². The molecule has 1 aromatic rings. The summed E-state index contributed by atoms with van der Waals surface area (Å²) in [5, 5.41) is 17.7. The summed E-state index contributed by atoms with van der Waals surface area (Å²) in [6, 6.07) is 0. The standard InChI is InChI=1S/C16H19N5O5S2/c1-3-4-26-20-11-12(23)21-6-9(14(24)25)16(2,28-13(11)21)19-10(22)5-8-7-27-15(17)18-8/h6-7,13H,3-5H2,1-2H3,(H2,17,18)(H,19,22)(H,24,25)/t13-,16?/m1/s1. The largest absolute Gasteiger partial charge is 0.478 e. The molecule has 3 rings (SSSR count). The minimum absolute atomic E-state index is 0.0371. The normalized spacial score (nSPS) is 25.0. The van der Waals surface area contributed by atoms with Crippen molar-refractivity contribution in [2.75, 3.05) is 12.3 Å². The lowest BCUT2D eigenvalue weighted by Crippen LogP contribution is -2.64. The predicted octanol–water partition coefficient (Wildman–Crippen LogP) is 0.766. The highest BCUT2D eigenvalue weighted by Crippen LogP contribution is 2.44. The van der Waals surface area contributed by atoms with Gasteiger partial charge in [-0.05, 0) is 13.3 Å². The Morgan fingerprint density at radius 3 is 2.89 bits per heavy atom. The van der Waals surface area contributed by atoms with Gasteiger partial charge in [0.05, 0.1) is 17.7 Å². The fourth-order valence-electron chi connectivity index (χ4n) is 2.72. The van der Waals surface area contributed by atoms with Gasteiger partial charge in [-0.1, -0.05) is 23.8 Å². The summed E-state index contributed by atoms with van der Waals surface area (Å²) in [5.41, 5.74) is 6.15. The molecule has 2 amide bonds. The third-order valence-corrected chi connectivity index (χ3v) is 6.24. The zero-order chi connectivity index (χ0) is 20.5. The summed E-state index contributed by atoms with van der Waals surface area (Å²) in [7, 11) is 0. The number of carbonyl (C=O) groups excluding carboxylic acids is 2. The fourth-order valence-corrected chi connectivity index (χ4v) is 4.70. The van der Waals surface area contributed by atoms with E-state index < -0.39 is 28.0 Å². The number of amides is 2. The first kappa shape index (κ1) is 20.1. The number of hydrogen-bond acceptors (Lipinski definition) is 9. The second-order valence-electron chi connectivity index (χ2n) is 6.28. The molecule has 1 fully saturated rings. The van der Waals surface area contributed by atoms with E-state index in [0.717, 1.165) is 18.2 Å². The van der Waals surface area contributed by atoms with Crippen molar-refractivity contribution in [2.45, 2.75) is 36.9 Å². The van der Waals surface area contributed by atoms with E-state index in [9.17, 15) is 19.5 Å². The van der Waals surface area contributed by atoms with Crippen LogP contribution in [0.4, 0.5) is 5.13 Å². The summed E-state index contributed by atoms with van der Waals surface area (Å²) in [6.45, 7) is 3.86. The minimum Gasteiger partial charge on any atom is -0.478 e. The number of aliphatic carboxylic acids is 1. The average Bonchev–Trinajstić information content (AvgIpc) is 3.02. The second kappa shape index (κ2) is 7.80. The number of fused-ring (bicyclic) bond motifs is 1. The van der Waals surface area contributed by atoms with Gasteiger partial charge in [0, 0.05) is 11.6 Å². The predicted molar refractivity (Wildman–Crippen MR) is 104 cm³/mol. The molecule has 28 heavy (non-hydrogen) atoms. The third kappa shape index (κ3) is 3.83. The van der Waals surface area contributed by atoms with Crippen molar-refractivity contribution in [1.29, 1.82) is 0 Å². The molecule has 3 heterocycles. The number of nitrogens with two attached hydrogens (primary N) is 1. The molecule has 4 N–H and O–H groups in total. The number of anilines is 1. The van der Waals surface area contributed by atoms with Gasteiger partial charge in [-0.3, -0.25) is 14.5 Å². The number of aromatic nitrogens is 1. The van der Waals surface area contributed by atoms with Gasteiger partial charge in [-0.15, -0.1) is 11.3 Å².